The monoisotopic (exact) mass is 550 g/mol. The third-order valence-electron chi connectivity index (χ3n) is 4.61. The number of halogens is 2. The van der Waals surface area contributed by atoms with E-state index in [-0.39, 0.29) is 35.8 Å². The van der Waals surface area contributed by atoms with Crippen LogP contribution in [0.25, 0.3) is 0 Å². The Morgan fingerprint density at radius 2 is 2.00 bits per heavy atom. The van der Waals surface area contributed by atoms with Crippen LogP contribution >= 0.6 is 24.0 Å². The minimum atomic E-state index is -0.447. The van der Waals surface area contributed by atoms with Gasteiger partial charge in [0.05, 0.1) is 12.7 Å². The van der Waals surface area contributed by atoms with Gasteiger partial charge in [-0.2, -0.15) is 0 Å². The molecule has 32 heavy (non-hydrogen) atoms. The first-order valence-corrected chi connectivity index (χ1v) is 9.90. The molecule has 2 N–H and O–H groups in total. The van der Waals surface area contributed by atoms with E-state index < -0.39 is 5.82 Å². The van der Waals surface area contributed by atoms with Gasteiger partial charge in [-0.05, 0) is 42.0 Å². The lowest BCUT2D eigenvalue weighted by Crippen LogP contribution is -2.45. The third-order valence-corrected chi connectivity index (χ3v) is 4.61. The van der Waals surface area contributed by atoms with E-state index in [9.17, 15) is 4.39 Å². The quantitative estimate of drug-likeness (QED) is 0.273. The second-order valence-electron chi connectivity index (χ2n) is 6.86. The lowest BCUT2D eigenvalue weighted by atomic mass is 10.2. The molecule has 1 aliphatic rings. The fraction of sp³-hybridized carbons (Fsp3) is 0.217. The number of pyridine rings is 1. The lowest BCUT2D eigenvalue weighted by Gasteiger charge is -2.27. The van der Waals surface area contributed by atoms with Gasteiger partial charge in [0, 0.05) is 19.8 Å². The fourth-order valence-corrected chi connectivity index (χ4v) is 3.05. The highest BCUT2D eigenvalue weighted by Crippen LogP contribution is 2.30. The molecule has 1 atom stereocenters. The molecule has 0 amide bonds. The van der Waals surface area contributed by atoms with Crippen LogP contribution in [-0.2, 0) is 6.54 Å². The SMILES string of the molecule is CN=C(NCc1ccc(Oc2cccnc2)c(F)c1)NCC1COc2ccccc2O1.I. The number of benzene rings is 2. The van der Waals surface area contributed by atoms with Crippen molar-refractivity contribution in [3.8, 4) is 23.0 Å². The highest BCUT2D eigenvalue weighted by atomic mass is 127. The number of hydrogen-bond acceptors (Lipinski definition) is 5. The molecule has 1 aromatic heterocycles. The van der Waals surface area contributed by atoms with Crippen LogP contribution < -0.4 is 24.8 Å². The van der Waals surface area contributed by atoms with Crippen LogP contribution in [0, 0.1) is 5.82 Å². The highest BCUT2D eigenvalue weighted by molar-refractivity contribution is 14.0. The molecule has 168 valence electrons. The van der Waals surface area contributed by atoms with Crippen LogP contribution in [0.15, 0.2) is 72.0 Å². The van der Waals surface area contributed by atoms with Gasteiger partial charge in [-0.1, -0.05) is 18.2 Å². The van der Waals surface area contributed by atoms with Crippen LogP contribution in [0.2, 0.25) is 0 Å². The molecule has 0 spiro atoms. The van der Waals surface area contributed by atoms with Gasteiger partial charge in [0.1, 0.15) is 18.5 Å². The van der Waals surface area contributed by atoms with E-state index >= 15 is 0 Å². The molecular formula is C23H24FIN4O3. The standard InChI is InChI=1S/C23H23FN4O3.HI/c1-25-23(28-14-18-15-29-21-6-2-3-7-22(21)31-18)27-12-16-8-9-20(19(24)11-16)30-17-5-4-10-26-13-17;/h2-11,13,18H,12,14-15H2,1H3,(H2,25,27,28);1H. The number of ether oxygens (including phenoxy) is 3. The van der Waals surface area contributed by atoms with Gasteiger partial charge in [-0.25, -0.2) is 4.39 Å². The number of fused-ring (bicyclic) bond motifs is 1. The first-order valence-electron chi connectivity index (χ1n) is 9.90. The molecule has 0 saturated heterocycles. The van der Waals surface area contributed by atoms with Crippen molar-refractivity contribution in [3.05, 3.63) is 78.4 Å². The number of aromatic nitrogens is 1. The molecular weight excluding hydrogens is 526 g/mol. The van der Waals surface area contributed by atoms with E-state index in [0.717, 1.165) is 17.1 Å². The van der Waals surface area contributed by atoms with Crippen molar-refractivity contribution in [2.24, 2.45) is 4.99 Å². The Balaban J connectivity index is 0.00000289. The number of hydrogen-bond donors (Lipinski definition) is 2. The van der Waals surface area contributed by atoms with Crippen molar-refractivity contribution in [1.82, 2.24) is 15.6 Å². The van der Waals surface area contributed by atoms with Crippen LogP contribution in [0.1, 0.15) is 5.56 Å². The molecule has 1 aliphatic heterocycles. The maximum Gasteiger partial charge on any atom is 0.191 e. The second-order valence-corrected chi connectivity index (χ2v) is 6.86. The van der Waals surface area contributed by atoms with Crippen molar-refractivity contribution in [2.75, 3.05) is 20.2 Å². The Labute approximate surface area is 203 Å². The smallest absolute Gasteiger partial charge is 0.191 e. The molecule has 7 nitrogen and oxygen atoms in total. The molecule has 1 unspecified atom stereocenters. The van der Waals surface area contributed by atoms with Gasteiger partial charge in [0.2, 0.25) is 0 Å². The van der Waals surface area contributed by atoms with Gasteiger partial charge in [0.15, 0.2) is 29.0 Å². The summed E-state index contributed by atoms with van der Waals surface area (Å²) in [6.07, 6.45) is 3.02. The summed E-state index contributed by atoms with van der Waals surface area (Å²) in [7, 11) is 1.67. The summed E-state index contributed by atoms with van der Waals surface area (Å²) < 4.78 is 31.6. The zero-order chi connectivity index (χ0) is 21.5. The average Bonchev–Trinajstić information content (AvgIpc) is 2.81. The Hall–Kier alpha value is -3.08. The summed E-state index contributed by atoms with van der Waals surface area (Å²) in [6, 6.07) is 15.9. The summed E-state index contributed by atoms with van der Waals surface area (Å²) in [6.45, 7) is 1.36. The van der Waals surface area contributed by atoms with Crippen molar-refractivity contribution in [1.29, 1.82) is 0 Å². The van der Waals surface area contributed by atoms with Crippen LogP contribution in [0.4, 0.5) is 4.39 Å². The van der Waals surface area contributed by atoms with E-state index in [1.807, 2.05) is 24.3 Å². The summed E-state index contributed by atoms with van der Waals surface area (Å²) in [5.41, 5.74) is 0.755. The second kappa shape index (κ2) is 11.5. The van der Waals surface area contributed by atoms with E-state index in [0.29, 0.717) is 31.4 Å². The topological polar surface area (TPSA) is 77.0 Å². The van der Waals surface area contributed by atoms with Crippen molar-refractivity contribution >= 4 is 29.9 Å². The van der Waals surface area contributed by atoms with E-state index in [1.165, 1.54) is 12.3 Å². The summed E-state index contributed by atoms with van der Waals surface area (Å²) in [5.74, 6) is 2.24. The van der Waals surface area contributed by atoms with E-state index in [4.69, 9.17) is 14.2 Å². The van der Waals surface area contributed by atoms with Crippen LogP contribution in [0.5, 0.6) is 23.0 Å². The van der Waals surface area contributed by atoms with Gasteiger partial charge in [-0.3, -0.25) is 9.98 Å². The summed E-state index contributed by atoms with van der Waals surface area (Å²) in [4.78, 5) is 8.15. The van der Waals surface area contributed by atoms with Crippen molar-refractivity contribution in [2.45, 2.75) is 12.6 Å². The Morgan fingerprint density at radius 3 is 2.75 bits per heavy atom. The molecule has 0 aliphatic carbocycles. The molecule has 2 aromatic carbocycles. The van der Waals surface area contributed by atoms with Gasteiger partial charge in [0.25, 0.3) is 0 Å². The first kappa shape index (κ1) is 23.6. The minimum absolute atomic E-state index is 0. The molecule has 3 aromatic rings. The van der Waals surface area contributed by atoms with Crippen LogP contribution in [-0.4, -0.2) is 37.2 Å². The van der Waals surface area contributed by atoms with Gasteiger partial charge in [-0.15, -0.1) is 24.0 Å². The summed E-state index contributed by atoms with van der Waals surface area (Å²) in [5, 5.41) is 6.37. The lowest BCUT2D eigenvalue weighted by molar-refractivity contribution is 0.0936. The molecule has 9 heteroatoms. The van der Waals surface area contributed by atoms with Gasteiger partial charge >= 0.3 is 0 Å². The van der Waals surface area contributed by atoms with Crippen molar-refractivity contribution < 1.29 is 18.6 Å². The molecule has 0 fully saturated rings. The summed E-state index contributed by atoms with van der Waals surface area (Å²) >= 11 is 0. The van der Waals surface area contributed by atoms with Gasteiger partial charge < -0.3 is 24.8 Å². The number of para-hydroxylation sites is 2. The maximum absolute atomic E-state index is 14.4. The normalized spacial score (nSPS) is 14.8. The highest BCUT2D eigenvalue weighted by Gasteiger charge is 2.20. The number of rotatable bonds is 6. The molecule has 0 saturated carbocycles. The largest absolute Gasteiger partial charge is 0.486 e. The Bertz CT molecular complexity index is 1050. The molecule has 0 radical (unpaired) electrons. The number of aliphatic imine (C=N–C) groups is 1. The average molecular weight is 550 g/mol. The fourth-order valence-electron chi connectivity index (χ4n) is 3.05. The number of guanidine groups is 1. The third kappa shape index (κ3) is 6.22. The predicted octanol–water partition coefficient (Wildman–Crippen LogP) is 4.14. The Kier molecular flexibility index (Phi) is 8.48. The number of nitrogens with zero attached hydrogens (tertiary/aromatic N) is 2. The number of nitrogens with one attached hydrogen (secondary N) is 2. The molecule has 2 heterocycles. The zero-order valence-corrected chi connectivity index (χ0v) is 19.8. The predicted molar refractivity (Wildman–Crippen MR) is 131 cm³/mol. The maximum atomic E-state index is 14.4. The first-order chi connectivity index (χ1) is 15.2. The minimum Gasteiger partial charge on any atom is -0.486 e. The van der Waals surface area contributed by atoms with Crippen molar-refractivity contribution in [3.63, 3.8) is 0 Å². The Morgan fingerprint density at radius 1 is 1.16 bits per heavy atom. The molecule has 4 rings (SSSR count). The van der Waals surface area contributed by atoms with E-state index in [2.05, 4.69) is 20.6 Å². The van der Waals surface area contributed by atoms with E-state index in [1.54, 1.807) is 37.5 Å². The zero-order valence-electron chi connectivity index (χ0n) is 17.5. The van der Waals surface area contributed by atoms with Crippen LogP contribution in [0.3, 0.4) is 0 Å². The molecule has 0 bridgehead atoms.